The molecule has 34 heavy (non-hydrogen) atoms. The van der Waals surface area contributed by atoms with Crippen LogP contribution in [0.3, 0.4) is 0 Å². The van der Waals surface area contributed by atoms with Gasteiger partial charge in [-0.15, -0.1) is 0 Å². The molecule has 178 valence electrons. The molecule has 0 bridgehead atoms. The van der Waals surface area contributed by atoms with Crippen molar-refractivity contribution >= 4 is 5.91 Å². The highest BCUT2D eigenvalue weighted by Gasteiger charge is 2.32. The van der Waals surface area contributed by atoms with E-state index in [9.17, 15) is 14.4 Å². The van der Waals surface area contributed by atoms with Gasteiger partial charge in [0.15, 0.2) is 6.04 Å². The Morgan fingerprint density at radius 1 is 1.35 bits per heavy atom. The van der Waals surface area contributed by atoms with Gasteiger partial charge in [0.05, 0.1) is 48.2 Å². The Bertz CT molecular complexity index is 1160. The van der Waals surface area contributed by atoms with Gasteiger partial charge in [-0.05, 0) is 25.5 Å². The van der Waals surface area contributed by atoms with Gasteiger partial charge in [0.25, 0.3) is 5.91 Å². The molecule has 1 atom stereocenters. The SMILES string of the molecule is CCOc1cncc(-c2ccc(C(=O)NC(CC)C3=CNC=C(N=[N+]([O-])C4CC4)N3)c(F)c2)n1. The quantitative estimate of drug-likeness (QED) is 0.294. The van der Waals surface area contributed by atoms with Crippen LogP contribution in [0.15, 0.2) is 59.6 Å². The normalized spacial score (nSPS) is 16.5. The van der Waals surface area contributed by atoms with Gasteiger partial charge < -0.3 is 25.9 Å². The van der Waals surface area contributed by atoms with Crippen molar-refractivity contribution in [1.82, 2.24) is 25.9 Å². The molecule has 2 heterocycles. The maximum Gasteiger partial charge on any atom is 0.254 e. The lowest BCUT2D eigenvalue weighted by Crippen LogP contribution is -2.41. The molecule has 1 aromatic heterocycles. The van der Waals surface area contributed by atoms with E-state index in [1.807, 2.05) is 13.8 Å². The summed E-state index contributed by atoms with van der Waals surface area (Å²) in [5, 5.41) is 24.7. The number of hydrogen-bond donors (Lipinski definition) is 3. The Labute approximate surface area is 196 Å². The lowest BCUT2D eigenvalue weighted by atomic mass is 10.1. The number of carbonyl (C=O) groups is 1. The Morgan fingerprint density at radius 3 is 2.88 bits per heavy atom. The summed E-state index contributed by atoms with van der Waals surface area (Å²) < 4.78 is 20.2. The van der Waals surface area contributed by atoms with Crippen LogP contribution in [0.25, 0.3) is 11.3 Å². The number of amides is 1. The minimum atomic E-state index is -0.681. The molecular weight excluding hydrogens is 441 g/mol. The van der Waals surface area contributed by atoms with E-state index in [0.717, 1.165) is 12.8 Å². The van der Waals surface area contributed by atoms with E-state index in [-0.39, 0.29) is 11.6 Å². The van der Waals surface area contributed by atoms with Crippen molar-refractivity contribution in [1.29, 1.82) is 0 Å². The fourth-order valence-electron chi connectivity index (χ4n) is 3.35. The van der Waals surface area contributed by atoms with Crippen LogP contribution in [-0.2, 0) is 0 Å². The summed E-state index contributed by atoms with van der Waals surface area (Å²) in [6.07, 6.45) is 8.41. The van der Waals surface area contributed by atoms with Crippen molar-refractivity contribution in [3.63, 3.8) is 0 Å². The van der Waals surface area contributed by atoms with Gasteiger partial charge in [-0.2, -0.15) is 0 Å². The molecule has 1 fully saturated rings. The average Bonchev–Trinajstić information content (AvgIpc) is 3.69. The zero-order chi connectivity index (χ0) is 24.1. The summed E-state index contributed by atoms with van der Waals surface area (Å²) in [6.45, 7) is 4.15. The summed E-state index contributed by atoms with van der Waals surface area (Å²) in [7, 11) is 0. The summed E-state index contributed by atoms with van der Waals surface area (Å²) in [5.41, 5.74) is 1.43. The second kappa shape index (κ2) is 10.3. The number of rotatable bonds is 9. The summed E-state index contributed by atoms with van der Waals surface area (Å²) in [5.74, 6) is -0.561. The third-order valence-corrected chi connectivity index (χ3v) is 5.30. The van der Waals surface area contributed by atoms with Crippen LogP contribution >= 0.6 is 0 Å². The Morgan fingerprint density at radius 2 is 2.18 bits per heavy atom. The van der Waals surface area contributed by atoms with Crippen LogP contribution in [-0.4, -0.2) is 39.4 Å². The predicted molar refractivity (Wildman–Crippen MR) is 122 cm³/mol. The van der Waals surface area contributed by atoms with E-state index < -0.39 is 17.8 Å². The average molecular weight is 468 g/mol. The number of ether oxygens (including phenoxy) is 1. The van der Waals surface area contributed by atoms with Crippen LogP contribution in [0.2, 0.25) is 0 Å². The van der Waals surface area contributed by atoms with E-state index in [1.54, 1.807) is 18.5 Å². The standard InChI is InChI=1S/C23H26FN7O3/c1-3-18(20-11-25-12-21(27-20)30-31(33)15-6-7-15)29-23(32)16-8-5-14(9-17(16)24)19-10-26-13-22(28-19)34-4-2/h5,8-13,15,18,25,27H,3-4,6-7H2,1-2H3,(H,29,32). The minimum absolute atomic E-state index is 0.0719. The first-order valence-corrected chi connectivity index (χ1v) is 11.2. The zero-order valence-corrected chi connectivity index (χ0v) is 18.9. The van der Waals surface area contributed by atoms with Gasteiger partial charge in [-0.25, -0.2) is 9.37 Å². The molecule has 3 N–H and O–H groups in total. The van der Waals surface area contributed by atoms with Gasteiger partial charge in [-0.1, -0.05) is 17.9 Å². The van der Waals surface area contributed by atoms with Crippen LogP contribution in [0.1, 0.15) is 43.5 Å². The van der Waals surface area contributed by atoms with Gasteiger partial charge in [0.2, 0.25) is 11.7 Å². The van der Waals surface area contributed by atoms with E-state index in [2.05, 4.69) is 31.0 Å². The molecule has 1 aliphatic heterocycles. The van der Waals surface area contributed by atoms with E-state index in [1.165, 1.54) is 24.5 Å². The first-order valence-electron chi connectivity index (χ1n) is 11.2. The maximum atomic E-state index is 14.9. The van der Waals surface area contributed by atoms with Crippen LogP contribution in [0.4, 0.5) is 4.39 Å². The van der Waals surface area contributed by atoms with E-state index in [0.29, 0.717) is 46.5 Å². The van der Waals surface area contributed by atoms with Gasteiger partial charge >= 0.3 is 0 Å². The largest absolute Gasteiger partial charge is 0.599 e. The second-order valence-corrected chi connectivity index (χ2v) is 7.86. The molecule has 2 aliphatic rings. The molecule has 1 unspecified atom stereocenters. The minimum Gasteiger partial charge on any atom is -0.599 e. The van der Waals surface area contributed by atoms with Crippen molar-refractivity contribution in [3.05, 3.63) is 71.1 Å². The van der Waals surface area contributed by atoms with Crippen LogP contribution < -0.4 is 20.7 Å². The van der Waals surface area contributed by atoms with Crippen LogP contribution in [0, 0.1) is 11.0 Å². The number of hydroxylamine groups is 1. The topological polar surface area (TPSA) is 127 Å². The number of aromatic nitrogens is 2. The smallest absolute Gasteiger partial charge is 0.254 e. The van der Waals surface area contributed by atoms with Crippen molar-refractivity contribution in [3.8, 4) is 17.1 Å². The molecule has 1 aromatic carbocycles. The van der Waals surface area contributed by atoms with Gasteiger partial charge in [-0.3, -0.25) is 9.78 Å². The fraction of sp³-hybridized carbons (Fsp3) is 0.348. The molecule has 0 radical (unpaired) electrons. The number of nitrogens with zero attached hydrogens (tertiary/aromatic N) is 4. The molecule has 2 aromatic rings. The molecule has 0 saturated heterocycles. The van der Waals surface area contributed by atoms with E-state index in [4.69, 9.17) is 4.74 Å². The number of hydrogen-bond acceptors (Lipinski definition) is 8. The van der Waals surface area contributed by atoms with Crippen molar-refractivity contribution < 1.29 is 18.8 Å². The Kier molecular flexibility index (Phi) is 7.00. The van der Waals surface area contributed by atoms with Crippen molar-refractivity contribution in [2.75, 3.05) is 6.61 Å². The van der Waals surface area contributed by atoms with Crippen LogP contribution in [0.5, 0.6) is 5.88 Å². The number of carbonyl (C=O) groups excluding carboxylic acids is 1. The Hall–Kier alpha value is -4.02. The van der Waals surface area contributed by atoms with Crippen molar-refractivity contribution in [2.45, 2.75) is 45.2 Å². The number of azo groups is 1. The lowest BCUT2D eigenvalue weighted by molar-refractivity contribution is -0.541. The van der Waals surface area contributed by atoms with Gasteiger partial charge in [0, 0.05) is 29.7 Å². The molecule has 4 rings (SSSR count). The highest BCUT2D eigenvalue weighted by Crippen LogP contribution is 2.24. The lowest BCUT2D eigenvalue weighted by Gasteiger charge is -2.24. The fourth-order valence-corrected chi connectivity index (χ4v) is 3.35. The number of benzene rings is 1. The van der Waals surface area contributed by atoms with Gasteiger partial charge in [0.1, 0.15) is 5.82 Å². The molecule has 1 amide bonds. The molecule has 10 nitrogen and oxygen atoms in total. The Balaban J connectivity index is 1.44. The monoisotopic (exact) mass is 467 g/mol. The molecular formula is C23H26FN7O3. The maximum absolute atomic E-state index is 14.9. The molecule has 0 spiro atoms. The predicted octanol–water partition coefficient (Wildman–Crippen LogP) is 3.15. The summed E-state index contributed by atoms with van der Waals surface area (Å²) in [4.78, 5) is 21.9. The van der Waals surface area contributed by atoms with Crippen molar-refractivity contribution in [2.24, 2.45) is 5.11 Å². The molecule has 1 aliphatic carbocycles. The summed E-state index contributed by atoms with van der Waals surface area (Å²) in [6, 6.07) is 3.74. The highest BCUT2D eigenvalue weighted by molar-refractivity contribution is 5.95. The number of halogens is 1. The summed E-state index contributed by atoms with van der Waals surface area (Å²) >= 11 is 0. The number of nitrogens with one attached hydrogen (secondary N) is 3. The molecule has 1 saturated carbocycles. The third kappa shape index (κ3) is 5.48. The first kappa shape index (κ1) is 23.1. The first-order chi connectivity index (χ1) is 16.5. The van der Waals surface area contributed by atoms with E-state index >= 15 is 0 Å². The third-order valence-electron chi connectivity index (χ3n) is 5.30. The second-order valence-electron chi connectivity index (χ2n) is 7.86. The molecule has 11 heteroatoms. The zero-order valence-electron chi connectivity index (χ0n) is 18.9. The highest BCUT2D eigenvalue weighted by atomic mass is 19.1.